The van der Waals surface area contributed by atoms with Crippen molar-refractivity contribution in [2.45, 2.75) is 111 Å². The zero-order chi connectivity index (χ0) is 21.9. The summed E-state index contributed by atoms with van der Waals surface area (Å²) in [5.74, 6) is 0. The van der Waals surface area contributed by atoms with E-state index >= 15 is 0 Å². The molecule has 0 radical (unpaired) electrons. The van der Waals surface area contributed by atoms with Crippen LogP contribution >= 0.6 is 0 Å². The molecule has 0 bridgehead atoms. The van der Waals surface area contributed by atoms with Crippen LogP contribution < -0.4 is 4.48 Å². The molecule has 0 spiro atoms. The van der Waals surface area contributed by atoms with Crippen LogP contribution in [0.3, 0.4) is 0 Å². The third kappa shape index (κ3) is 11.9. The summed E-state index contributed by atoms with van der Waals surface area (Å²) in [4.78, 5) is 4.64. The van der Waals surface area contributed by atoms with Crippen molar-refractivity contribution < 1.29 is 0 Å². The Hall–Kier alpha value is -1.15. The maximum absolute atomic E-state index is 4.64. The molecule has 30 heavy (non-hydrogen) atoms. The molecule has 0 aliphatic rings. The van der Waals surface area contributed by atoms with Gasteiger partial charge in [-0.2, -0.15) is 0 Å². The van der Waals surface area contributed by atoms with Crippen LogP contribution in [0.5, 0.6) is 0 Å². The Morgan fingerprint density at radius 2 is 1.07 bits per heavy atom. The van der Waals surface area contributed by atoms with Crippen LogP contribution in [-0.4, -0.2) is 32.9 Å². The normalized spacial score (nSPS) is 12.1. The predicted octanol–water partition coefficient (Wildman–Crippen LogP) is 8.56. The molecule has 0 unspecified atom stereocenters. The first-order valence-corrected chi connectivity index (χ1v) is 13.1. The molecule has 1 aromatic rings. The smallest absolute Gasteiger partial charge is 0.132 e. The van der Waals surface area contributed by atoms with Gasteiger partial charge in [-0.15, -0.1) is 0 Å². The van der Waals surface area contributed by atoms with Gasteiger partial charge in [0, 0.05) is 12.8 Å². The molecule has 0 aliphatic carbocycles. The van der Waals surface area contributed by atoms with Crippen LogP contribution in [0.25, 0.3) is 0 Å². The topological polar surface area (TPSA) is 12.4 Å². The highest BCUT2D eigenvalue weighted by Crippen LogP contribution is 2.20. The number of benzene rings is 1. The van der Waals surface area contributed by atoms with Gasteiger partial charge in [0.15, 0.2) is 0 Å². The van der Waals surface area contributed by atoms with Crippen LogP contribution in [-0.2, 0) is 0 Å². The lowest BCUT2D eigenvalue weighted by Crippen LogP contribution is -2.44. The fourth-order valence-corrected chi connectivity index (χ4v) is 4.08. The number of unbranched alkanes of at least 4 members (excludes halogenated alkanes) is 13. The van der Waals surface area contributed by atoms with Crippen LogP contribution in [0, 0.1) is 0 Å². The van der Waals surface area contributed by atoms with Crippen molar-refractivity contribution in [3.63, 3.8) is 0 Å². The average molecular weight is 416 g/mol. The molecular weight excluding hydrogens is 364 g/mol. The zero-order valence-corrected chi connectivity index (χ0v) is 20.8. The molecule has 0 heterocycles. The van der Waals surface area contributed by atoms with Gasteiger partial charge >= 0.3 is 0 Å². The number of quaternary nitrogens is 1. The number of hydrogen-bond acceptors (Lipinski definition) is 1. The van der Waals surface area contributed by atoms with Crippen LogP contribution in [0.2, 0.25) is 0 Å². The second-order valence-corrected chi connectivity index (χ2v) is 9.25. The fourth-order valence-electron chi connectivity index (χ4n) is 4.08. The number of nitrogens with zero attached hydrogens (tertiary/aromatic N) is 2. The minimum atomic E-state index is 0.970. The Bertz CT molecular complexity index is 528. The van der Waals surface area contributed by atoms with Gasteiger partial charge in [-0.3, -0.25) is 9.48 Å². The second-order valence-electron chi connectivity index (χ2n) is 9.25. The van der Waals surface area contributed by atoms with Gasteiger partial charge in [0.1, 0.15) is 5.69 Å². The van der Waals surface area contributed by atoms with E-state index < -0.39 is 0 Å². The molecule has 172 valence electrons. The highest BCUT2D eigenvalue weighted by molar-refractivity contribution is 5.80. The molecule has 0 aliphatic heterocycles. The first kappa shape index (κ1) is 26.9. The maximum atomic E-state index is 4.64. The van der Waals surface area contributed by atoms with E-state index in [0.29, 0.717) is 0 Å². The third-order valence-corrected chi connectivity index (χ3v) is 6.79. The lowest BCUT2D eigenvalue weighted by Gasteiger charge is -2.31. The maximum Gasteiger partial charge on any atom is 0.132 e. The van der Waals surface area contributed by atoms with E-state index in [0.717, 1.165) is 24.1 Å². The van der Waals surface area contributed by atoms with Gasteiger partial charge in [-0.05, 0) is 50.1 Å². The van der Waals surface area contributed by atoms with Gasteiger partial charge in [-0.1, -0.05) is 90.4 Å². The third-order valence-electron chi connectivity index (χ3n) is 6.79. The molecule has 0 amide bonds. The fraction of sp³-hybridized carbons (Fsp3) is 0.750. The van der Waals surface area contributed by atoms with Crippen LogP contribution in [0.15, 0.2) is 29.3 Å². The Labute approximate surface area is 188 Å². The van der Waals surface area contributed by atoms with E-state index in [1.165, 1.54) is 101 Å². The quantitative estimate of drug-likeness (QED) is 0.122. The molecule has 1 rings (SSSR count). The Morgan fingerprint density at radius 1 is 0.633 bits per heavy atom. The first-order chi connectivity index (χ1) is 14.7. The van der Waals surface area contributed by atoms with Crippen molar-refractivity contribution in [1.29, 1.82) is 0 Å². The average Bonchev–Trinajstić information content (AvgIpc) is 2.78. The van der Waals surface area contributed by atoms with Gasteiger partial charge in [-0.25, -0.2) is 0 Å². The lowest BCUT2D eigenvalue weighted by atomic mass is 10.0. The number of aliphatic imine (C=N–C) groups is 1. The highest BCUT2D eigenvalue weighted by Gasteiger charge is 2.19. The number of hydrogen-bond donors (Lipinski definition) is 0. The van der Waals surface area contributed by atoms with Gasteiger partial charge < -0.3 is 0 Å². The molecule has 0 saturated carbocycles. The monoisotopic (exact) mass is 415 g/mol. The van der Waals surface area contributed by atoms with E-state index in [1.54, 1.807) is 0 Å². The summed E-state index contributed by atoms with van der Waals surface area (Å²) in [6.45, 7) is 10.0. The first-order valence-electron chi connectivity index (χ1n) is 13.1. The van der Waals surface area contributed by atoms with E-state index in [-0.39, 0.29) is 0 Å². The molecular formula is C28H51N2+. The summed E-state index contributed by atoms with van der Waals surface area (Å²) in [5, 5.41) is 0. The summed E-state index contributed by atoms with van der Waals surface area (Å²) in [7, 11) is 2.30. The van der Waals surface area contributed by atoms with E-state index in [9.17, 15) is 0 Å². The molecule has 0 aromatic heterocycles. The molecule has 0 N–H and O–H groups in total. The molecule has 1 aromatic carbocycles. The van der Waals surface area contributed by atoms with Crippen molar-refractivity contribution in [2.24, 2.45) is 4.99 Å². The van der Waals surface area contributed by atoms with E-state index in [1.807, 2.05) is 6.21 Å². The van der Waals surface area contributed by atoms with Crippen LogP contribution in [0.4, 0.5) is 5.69 Å². The standard InChI is InChI=1S/C28H51N2/c1-5-8-9-10-11-12-13-14-15-16-17-18-19-20-25-29-26-27-21-23-28(24-22-27)30(4,6-2)7-3/h21-24,26H,5-20,25H2,1-4H3/q+1. The number of rotatable bonds is 19. The molecule has 0 fully saturated rings. The van der Waals surface area contributed by atoms with Crippen molar-refractivity contribution in [3.05, 3.63) is 29.8 Å². The minimum absolute atomic E-state index is 0.970. The molecule has 2 nitrogen and oxygen atoms in total. The van der Waals surface area contributed by atoms with Crippen molar-refractivity contribution >= 4 is 11.9 Å². The van der Waals surface area contributed by atoms with Crippen molar-refractivity contribution in [1.82, 2.24) is 4.48 Å². The van der Waals surface area contributed by atoms with E-state index in [2.05, 4.69) is 57.1 Å². The van der Waals surface area contributed by atoms with E-state index in [4.69, 9.17) is 0 Å². The van der Waals surface area contributed by atoms with Crippen LogP contribution in [0.1, 0.15) is 116 Å². The molecule has 2 heteroatoms. The van der Waals surface area contributed by atoms with Gasteiger partial charge in [0.25, 0.3) is 0 Å². The Balaban J connectivity index is 1.98. The largest absolute Gasteiger partial charge is 0.294 e. The highest BCUT2D eigenvalue weighted by atomic mass is 15.3. The summed E-state index contributed by atoms with van der Waals surface area (Å²) in [5.41, 5.74) is 2.62. The summed E-state index contributed by atoms with van der Waals surface area (Å²) in [6.07, 6.45) is 21.8. The minimum Gasteiger partial charge on any atom is -0.294 e. The zero-order valence-electron chi connectivity index (χ0n) is 20.8. The van der Waals surface area contributed by atoms with Gasteiger partial charge in [0.2, 0.25) is 0 Å². The summed E-state index contributed by atoms with van der Waals surface area (Å²) >= 11 is 0. The molecule has 0 saturated heterocycles. The van der Waals surface area contributed by atoms with Gasteiger partial charge in [0.05, 0.1) is 20.1 Å². The molecule has 0 atom stereocenters. The Morgan fingerprint density at radius 3 is 1.50 bits per heavy atom. The summed E-state index contributed by atoms with van der Waals surface area (Å²) < 4.78 is 0.996. The summed E-state index contributed by atoms with van der Waals surface area (Å²) in [6, 6.07) is 8.96. The Kier molecular flexibility index (Phi) is 15.7. The lowest BCUT2D eigenvalue weighted by molar-refractivity contribution is 0.365. The van der Waals surface area contributed by atoms with Crippen molar-refractivity contribution in [2.75, 3.05) is 26.7 Å². The second kappa shape index (κ2) is 17.5. The van der Waals surface area contributed by atoms with Crippen molar-refractivity contribution in [3.8, 4) is 0 Å². The SMILES string of the molecule is CCCCCCCCCCCCCCCCN=Cc1ccc([N+](C)(CC)CC)cc1. The predicted molar refractivity (Wildman–Crippen MR) is 138 cm³/mol.